The molecule has 37 heavy (non-hydrogen) atoms. The Bertz CT molecular complexity index is 1540. The minimum Gasteiger partial charge on any atom is -0.478 e. The lowest BCUT2D eigenvalue weighted by Gasteiger charge is -2.09. The summed E-state index contributed by atoms with van der Waals surface area (Å²) in [5.41, 5.74) is 2.17. The van der Waals surface area contributed by atoms with Crippen molar-refractivity contribution in [2.75, 3.05) is 9.44 Å². The minimum absolute atomic E-state index is 0.00830. The monoisotopic (exact) mass is 628 g/mol. The van der Waals surface area contributed by atoms with Gasteiger partial charge in [0.25, 0.3) is 0 Å². The van der Waals surface area contributed by atoms with E-state index >= 15 is 0 Å². The van der Waals surface area contributed by atoms with Gasteiger partial charge in [0.15, 0.2) is 0 Å². The molecule has 0 unspecified atom stereocenters. The van der Waals surface area contributed by atoms with Gasteiger partial charge in [-0.1, -0.05) is 17.7 Å². The zero-order chi connectivity index (χ0) is 26.8. The Labute approximate surface area is 227 Å². The maximum Gasteiger partial charge on any atom is 0.337 e. The normalized spacial score (nSPS) is 15.3. The summed E-state index contributed by atoms with van der Waals surface area (Å²) in [4.78, 5) is 18.9. The zero-order valence-corrected chi connectivity index (χ0v) is 23.1. The SMILES string of the molecule is O=C(O)c1ccc(-c2cncc(NS(=O)(=O)C3CC3)c2)cc1Cl.O=S(=O)(Nc1cncc(Br)c1)C1CC1. The van der Waals surface area contributed by atoms with Gasteiger partial charge >= 0.3 is 5.97 Å². The largest absolute Gasteiger partial charge is 0.478 e. The van der Waals surface area contributed by atoms with Gasteiger partial charge in [0.1, 0.15) is 0 Å². The molecule has 0 spiro atoms. The van der Waals surface area contributed by atoms with Crippen LogP contribution < -0.4 is 9.44 Å². The molecule has 0 saturated heterocycles. The van der Waals surface area contributed by atoms with Crippen LogP contribution >= 0.6 is 27.5 Å². The van der Waals surface area contributed by atoms with E-state index in [1.54, 1.807) is 30.6 Å². The van der Waals surface area contributed by atoms with E-state index in [1.807, 2.05) is 0 Å². The number of aromatic carboxylic acids is 1. The number of hydrogen-bond donors (Lipinski definition) is 3. The average Bonchev–Trinajstić information content (AvgIpc) is 3.70. The van der Waals surface area contributed by atoms with Gasteiger partial charge in [-0.25, -0.2) is 21.6 Å². The minimum atomic E-state index is -3.36. The number of carbonyl (C=O) groups is 1. The Kier molecular flexibility index (Phi) is 8.07. The number of carboxylic acid groups (broad SMARTS) is 1. The third-order valence-electron chi connectivity index (χ3n) is 5.42. The van der Waals surface area contributed by atoms with E-state index in [0.29, 0.717) is 35.3 Å². The molecule has 14 heteroatoms. The molecule has 0 atom stereocenters. The molecule has 3 N–H and O–H groups in total. The third kappa shape index (κ3) is 7.40. The predicted octanol–water partition coefficient (Wildman–Crippen LogP) is 4.75. The van der Waals surface area contributed by atoms with Crippen LogP contribution in [0, 0.1) is 0 Å². The van der Waals surface area contributed by atoms with E-state index in [9.17, 15) is 21.6 Å². The summed E-state index contributed by atoms with van der Waals surface area (Å²) in [5.74, 6) is -1.11. The highest BCUT2D eigenvalue weighted by Gasteiger charge is 2.36. The molecule has 1 aromatic carbocycles. The molecule has 3 aromatic rings. The van der Waals surface area contributed by atoms with Crippen molar-refractivity contribution in [3.63, 3.8) is 0 Å². The molecular formula is C23H22BrClN4O6S2. The van der Waals surface area contributed by atoms with Crippen LogP contribution in [0.3, 0.4) is 0 Å². The molecule has 2 aliphatic rings. The molecule has 2 heterocycles. The number of benzene rings is 1. The lowest BCUT2D eigenvalue weighted by molar-refractivity contribution is 0.0697. The van der Waals surface area contributed by atoms with Crippen LogP contribution in [0.2, 0.25) is 5.02 Å². The van der Waals surface area contributed by atoms with Crippen LogP contribution in [0.1, 0.15) is 36.0 Å². The molecule has 10 nitrogen and oxygen atoms in total. The number of nitrogens with one attached hydrogen (secondary N) is 2. The molecule has 0 amide bonds. The average molecular weight is 630 g/mol. The Morgan fingerprint density at radius 1 is 0.838 bits per heavy atom. The van der Waals surface area contributed by atoms with E-state index in [1.165, 1.54) is 24.5 Å². The third-order valence-corrected chi connectivity index (χ3v) is 9.91. The molecule has 0 bridgehead atoms. The Morgan fingerprint density at radius 2 is 1.38 bits per heavy atom. The summed E-state index contributed by atoms with van der Waals surface area (Å²) < 4.78 is 52.7. The fraction of sp³-hybridized carbons (Fsp3) is 0.261. The number of pyridine rings is 2. The molecule has 0 aliphatic heterocycles. The maximum absolute atomic E-state index is 12.0. The van der Waals surface area contributed by atoms with Crippen LogP contribution in [0.5, 0.6) is 0 Å². The topological polar surface area (TPSA) is 155 Å². The molecule has 2 fully saturated rings. The Hall–Kier alpha value is -2.74. The summed E-state index contributed by atoms with van der Waals surface area (Å²) in [6.45, 7) is 0. The van der Waals surface area contributed by atoms with Crippen molar-refractivity contribution < 1.29 is 26.7 Å². The van der Waals surface area contributed by atoms with Crippen LogP contribution in [-0.2, 0) is 20.0 Å². The smallest absolute Gasteiger partial charge is 0.337 e. The molecule has 0 radical (unpaired) electrons. The van der Waals surface area contributed by atoms with E-state index in [-0.39, 0.29) is 21.1 Å². The molecule has 2 aromatic heterocycles. The molecule has 2 saturated carbocycles. The van der Waals surface area contributed by atoms with Gasteiger partial charge in [0.05, 0.1) is 44.9 Å². The standard InChI is InChI=1S/C15H13ClN2O4S.C8H9BrN2O2S/c16-14-6-9(1-4-13(14)15(19)20)10-5-11(8-17-7-10)18-23(21,22)12-2-3-12;9-6-3-7(5-10-4-6)11-14(12,13)8-1-2-8/h1,4-8,12,18H,2-3H2,(H,19,20);3-5,8,11H,1-2H2. The number of halogens is 2. The number of hydrogen-bond acceptors (Lipinski definition) is 7. The summed E-state index contributed by atoms with van der Waals surface area (Å²) in [6, 6.07) is 7.85. The number of anilines is 2. The van der Waals surface area contributed by atoms with Crippen molar-refractivity contribution >= 4 is 64.9 Å². The summed E-state index contributed by atoms with van der Waals surface area (Å²) in [6.07, 6.45) is 8.95. The van der Waals surface area contributed by atoms with Crippen molar-refractivity contribution in [1.82, 2.24) is 9.97 Å². The number of carboxylic acids is 1. The Balaban J connectivity index is 0.000000195. The Morgan fingerprint density at radius 3 is 1.86 bits per heavy atom. The van der Waals surface area contributed by atoms with Crippen LogP contribution in [0.4, 0.5) is 11.4 Å². The highest BCUT2D eigenvalue weighted by atomic mass is 79.9. The predicted molar refractivity (Wildman–Crippen MR) is 145 cm³/mol. The van der Waals surface area contributed by atoms with E-state index in [2.05, 4.69) is 35.3 Å². The second-order valence-electron chi connectivity index (χ2n) is 8.55. The molecule has 2 aliphatic carbocycles. The van der Waals surface area contributed by atoms with Crippen molar-refractivity contribution in [2.24, 2.45) is 0 Å². The summed E-state index contributed by atoms with van der Waals surface area (Å²) in [5, 5.41) is 8.56. The molecule has 196 valence electrons. The van der Waals surface area contributed by atoms with E-state index < -0.39 is 26.0 Å². The van der Waals surface area contributed by atoms with Crippen LogP contribution in [0.25, 0.3) is 11.1 Å². The number of sulfonamides is 2. The van der Waals surface area contributed by atoms with E-state index in [0.717, 1.165) is 17.3 Å². The fourth-order valence-corrected chi connectivity index (χ4v) is 6.59. The summed E-state index contributed by atoms with van der Waals surface area (Å²) in [7, 11) is -6.53. The first-order chi connectivity index (χ1) is 17.4. The van der Waals surface area contributed by atoms with Gasteiger partial charge in [-0.05, 0) is 71.4 Å². The molecule has 5 rings (SSSR count). The number of nitrogens with zero attached hydrogens (tertiary/aromatic N) is 2. The second kappa shape index (κ2) is 10.9. The quantitative estimate of drug-likeness (QED) is 0.322. The van der Waals surface area contributed by atoms with Crippen molar-refractivity contribution in [1.29, 1.82) is 0 Å². The van der Waals surface area contributed by atoms with Crippen molar-refractivity contribution in [3.8, 4) is 11.1 Å². The summed E-state index contributed by atoms with van der Waals surface area (Å²) >= 11 is 9.18. The van der Waals surface area contributed by atoms with Crippen LogP contribution in [0.15, 0.2) is 59.6 Å². The lowest BCUT2D eigenvalue weighted by atomic mass is 10.1. The first-order valence-corrected chi connectivity index (χ1v) is 15.3. The van der Waals surface area contributed by atoms with Crippen molar-refractivity contribution in [3.05, 3.63) is 70.2 Å². The first-order valence-electron chi connectivity index (χ1n) is 11.1. The van der Waals surface area contributed by atoms with Gasteiger partial charge in [-0.2, -0.15) is 0 Å². The second-order valence-corrected chi connectivity index (χ2v) is 13.8. The lowest BCUT2D eigenvalue weighted by Crippen LogP contribution is -2.17. The van der Waals surface area contributed by atoms with Gasteiger partial charge in [0.2, 0.25) is 20.0 Å². The van der Waals surface area contributed by atoms with E-state index in [4.69, 9.17) is 16.7 Å². The van der Waals surface area contributed by atoms with Gasteiger partial charge < -0.3 is 5.11 Å². The van der Waals surface area contributed by atoms with Crippen molar-refractivity contribution in [2.45, 2.75) is 36.2 Å². The molecular weight excluding hydrogens is 608 g/mol. The number of aromatic nitrogens is 2. The first kappa shape index (κ1) is 27.3. The van der Waals surface area contributed by atoms with Gasteiger partial charge in [-0.3, -0.25) is 19.4 Å². The highest BCUT2D eigenvalue weighted by Crippen LogP contribution is 2.32. The number of rotatable bonds is 8. The zero-order valence-electron chi connectivity index (χ0n) is 19.1. The van der Waals surface area contributed by atoms with Crippen LogP contribution in [-0.4, -0.2) is 48.4 Å². The van der Waals surface area contributed by atoms with Gasteiger partial charge in [-0.15, -0.1) is 0 Å². The maximum atomic E-state index is 12.0. The highest BCUT2D eigenvalue weighted by molar-refractivity contribution is 9.10. The fourth-order valence-electron chi connectivity index (χ4n) is 3.24. The van der Waals surface area contributed by atoms with Gasteiger partial charge in [0, 0.05) is 22.4 Å².